The highest BCUT2D eigenvalue weighted by atomic mass is 16.4. The second-order valence-corrected chi connectivity index (χ2v) is 7.96. The largest absolute Gasteiger partial charge is 0.480 e. The molecule has 0 aromatic heterocycles. The van der Waals surface area contributed by atoms with Gasteiger partial charge >= 0.3 is 5.97 Å². The maximum absolute atomic E-state index is 12.8. The van der Waals surface area contributed by atoms with Crippen LogP contribution in [0.4, 0.5) is 0 Å². The van der Waals surface area contributed by atoms with Gasteiger partial charge in [-0.3, -0.25) is 24.2 Å². The Morgan fingerprint density at radius 1 is 1.06 bits per heavy atom. The van der Waals surface area contributed by atoms with E-state index < -0.39 is 66.3 Å². The maximum atomic E-state index is 12.8. The molecular formula is C19H34N8O7. The van der Waals surface area contributed by atoms with E-state index in [0.29, 0.717) is 13.0 Å². The van der Waals surface area contributed by atoms with E-state index in [1.807, 2.05) is 0 Å². The van der Waals surface area contributed by atoms with Crippen molar-refractivity contribution in [2.45, 2.75) is 69.3 Å². The van der Waals surface area contributed by atoms with Crippen LogP contribution in [0.5, 0.6) is 0 Å². The van der Waals surface area contributed by atoms with E-state index in [1.54, 1.807) is 0 Å². The number of carboxylic acid groups (broad SMARTS) is 1. The quantitative estimate of drug-likeness (QED) is 0.0646. The number of aliphatic hydroxyl groups excluding tert-OH is 1. The highest BCUT2D eigenvalue weighted by Crippen LogP contribution is 2.07. The van der Waals surface area contributed by atoms with Crippen LogP contribution < -0.4 is 38.5 Å². The summed E-state index contributed by atoms with van der Waals surface area (Å²) in [7, 11) is 0. The number of nitrogens with two attached hydrogens (primary N) is 3. The number of carbonyl (C=O) groups excluding carboxylic acids is 4. The zero-order valence-electron chi connectivity index (χ0n) is 19.0. The zero-order valence-corrected chi connectivity index (χ0v) is 19.0. The van der Waals surface area contributed by atoms with Crippen molar-refractivity contribution in [2.24, 2.45) is 22.2 Å². The molecule has 4 amide bonds. The minimum atomic E-state index is -1.61. The number of rotatable bonds is 14. The Labute approximate surface area is 196 Å². The van der Waals surface area contributed by atoms with Crippen molar-refractivity contribution in [2.75, 3.05) is 13.1 Å². The first-order valence-corrected chi connectivity index (χ1v) is 10.8. The predicted octanol–water partition coefficient (Wildman–Crippen LogP) is -4.41. The number of amides is 4. The van der Waals surface area contributed by atoms with E-state index in [9.17, 15) is 34.2 Å². The Bertz CT molecular complexity index is 779. The van der Waals surface area contributed by atoms with Gasteiger partial charge in [-0.25, -0.2) is 4.79 Å². The van der Waals surface area contributed by atoms with E-state index in [1.165, 1.54) is 6.92 Å². The molecule has 0 radical (unpaired) electrons. The third kappa shape index (κ3) is 9.99. The van der Waals surface area contributed by atoms with Crippen molar-refractivity contribution in [3.8, 4) is 0 Å². The average molecular weight is 487 g/mol. The van der Waals surface area contributed by atoms with Gasteiger partial charge in [0.25, 0.3) is 0 Å². The van der Waals surface area contributed by atoms with Crippen LogP contribution in [-0.4, -0.2) is 89.1 Å². The molecular weight excluding hydrogens is 452 g/mol. The van der Waals surface area contributed by atoms with Gasteiger partial charge in [0.2, 0.25) is 23.6 Å². The lowest BCUT2D eigenvalue weighted by Crippen LogP contribution is -2.59. The molecule has 5 atom stereocenters. The second-order valence-electron chi connectivity index (χ2n) is 7.96. The summed E-state index contributed by atoms with van der Waals surface area (Å²) in [4.78, 5) is 64.2. The minimum absolute atomic E-state index is 0.0120. The predicted molar refractivity (Wildman–Crippen MR) is 120 cm³/mol. The number of hydrogen-bond acceptors (Lipinski definition) is 8. The summed E-state index contributed by atoms with van der Waals surface area (Å²) >= 11 is 0. The highest BCUT2D eigenvalue weighted by molar-refractivity contribution is 5.95. The summed E-state index contributed by atoms with van der Waals surface area (Å²) in [6.45, 7) is 2.07. The smallest absolute Gasteiger partial charge is 0.326 e. The van der Waals surface area contributed by atoms with E-state index in [4.69, 9.17) is 17.2 Å². The molecule has 15 heteroatoms. The number of carbonyl (C=O) groups is 5. The van der Waals surface area contributed by atoms with Gasteiger partial charge in [-0.1, -0.05) is 0 Å². The number of nitrogens with one attached hydrogen (secondary N) is 4. The number of primary amides is 1. The molecule has 12 N–H and O–H groups in total. The molecule has 192 valence electrons. The van der Waals surface area contributed by atoms with Crippen molar-refractivity contribution >= 4 is 35.6 Å². The van der Waals surface area contributed by atoms with E-state index in [2.05, 4.69) is 26.3 Å². The van der Waals surface area contributed by atoms with E-state index >= 15 is 0 Å². The van der Waals surface area contributed by atoms with Crippen LogP contribution in [-0.2, 0) is 24.0 Å². The summed E-state index contributed by atoms with van der Waals surface area (Å²) in [5, 5.41) is 29.3. The summed E-state index contributed by atoms with van der Waals surface area (Å²) in [6.07, 6.45) is -0.374. The number of aliphatic carboxylic acids is 1. The van der Waals surface area contributed by atoms with Crippen LogP contribution in [0, 0.1) is 0 Å². The fraction of sp³-hybridized carbons (Fsp3) is 0.684. The van der Waals surface area contributed by atoms with Gasteiger partial charge in [0.1, 0.15) is 18.1 Å². The van der Waals surface area contributed by atoms with Crippen molar-refractivity contribution in [3.05, 3.63) is 0 Å². The molecule has 34 heavy (non-hydrogen) atoms. The summed E-state index contributed by atoms with van der Waals surface area (Å²) in [5.74, 6) is -4.84. The van der Waals surface area contributed by atoms with E-state index in [0.717, 1.165) is 6.42 Å². The van der Waals surface area contributed by atoms with Crippen molar-refractivity contribution in [3.63, 3.8) is 0 Å². The fourth-order valence-electron chi connectivity index (χ4n) is 3.27. The van der Waals surface area contributed by atoms with Gasteiger partial charge in [-0.2, -0.15) is 0 Å². The molecule has 15 nitrogen and oxygen atoms in total. The number of guanidine groups is 1. The van der Waals surface area contributed by atoms with Crippen LogP contribution in [0.2, 0.25) is 0 Å². The highest BCUT2D eigenvalue weighted by Gasteiger charge is 2.33. The Hall–Kier alpha value is -3.46. The lowest BCUT2D eigenvalue weighted by molar-refractivity contribution is -0.144. The first kappa shape index (κ1) is 28.6. The topological polar surface area (TPSA) is 264 Å². The van der Waals surface area contributed by atoms with Gasteiger partial charge in [0, 0.05) is 6.54 Å². The number of carboxylic acids is 1. The van der Waals surface area contributed by atoms with Crippen LogP contribution in [0.1, 0.15) is 39.0 Å². The molecule has 0 aliphatic carbocycles. The monoisotopic (exact) mass is 486 g/mol. The number of hydrogen-bond donors (Lipinski definition) is 9. The first-order chi connectivity index (χ1) is 15.9. The summed E-state index contributed by atoms with van der Waals surface area (Å²) in [6, 6.07) is -4.76. The van der Waals surface area contributed by atoms with Gasteiger partial charge < -0.3 is 48.7 Å². The molecule has 0 saturated carbocycles. The van der Waals surface area contributed by atoms with Gasteiger partial charge in [0.15, 0.2) is 5.96 Å². The maximum Gasteiger partial charge on any atom is 0.326 e. The molecule has 5 unspecified atom stereocenters. The second kappa shape index (κ2) is 13.9. The summed E-state index contributed by atoms with van der Waals surface area (Å²) in [5.41, 5.74) is 15.6. The number of nitrogens with zero attached hydrogens (tertiary/aromatic N) is 1. The van der Waals surface area contributed by atoms with Gasteiger partial charge in [-0.05, 0) is 39.2 Å². The van der Waals surface area contributed by atoms with Gasteiger partial charge in [-0.15, -0.1) is 0 Å². The third-order valence-electron chi connectivity index (χ3n) is 5.04. The third-order valence-corrected chi connectivity index (χ3v) is 5.04. The molecule has 1 fully saturated rings. The molecule has 1 saturated heterocycles. The van der Waals surface area contributed by atoms with Gasteiger partial charge in [0.05, 0.1) is 18.6 Å². The standard InChI is InChI=1S/C19H34N8O7/c1-9(28)14(27-15(30)10-4-2-6-23-10)17(32)25-11(5-3-7-24-19(21)22)16(31)26-12(18(33)34)8-13(20)29/h9-12,14,23,28H,2-8H2,1H3,(H2,20,29)(H,25,32)(H,26,31)(H,27,30)(H,33,34)(H4,21,22,24). The lowest BCUT2D eigenvalue weighted by atomic mass is 10.1. The molecule has 0 spiro atoms. The fourth-order valence-corrected chi connectivity index (χ4v) is 3.27. The van der Waals surface area contributed by atoms with E-state index in [-0.39, 0.29) is 25.3 Å². The van der Waals surface area contributed by atoms with Crippen LogP contribution >= 0.6 is 0 Å². The minimum Gasteiger partial charge on any atom is -0.480 e. The van der Waals surface area contributed by atoms with Crippen molar-refractivity contribution in [1.29, 1.82) is 0 Å². The zero-order chi connectivity index (χ0) is 25.8. The van der Waals surface area contributed by atoms with Crippen molar-refractivity contribution < 1.29 is 34.2 Å². The Morgan fingerprint density at radius 2 is 1.71 bits per heavy atom. The normalized spacial score (nSPS) is 18.6. The molecule has 0 bridgehead atoms. The molecule has 1 heterocycles. The number of aliphatic imine (C=N–C) groups is 1. The summed E-state index contributed by atoms with van der Waals surface area (Å²) < 4.78 is 0. The van der Waals surface area contributed by atoms with Crippen molar-refractivity contribution in [1.82, 2.24) is 21.3 Å². The molecule has 1 aliphatic heterocycles. The van der Waals surface area contributed by atoms with Crippen LogP contribution in [0.25, 0.3) is 0 Å². The molecule has 1 aliphatic rings. The SMILES string of the molecule is CC(O)C(NC(=O)C1CCCN1)C(=O)NC(CCCN=C(N)N)C(=O)NC(CC(N)=O)C(=O)O. The Balaban J connectivity index is 2.94. The molecule has 0 aromatic rings. The van der Waals surface area contributed by atoms with Crippen LogP contribution in [0.3, 0.4) is 0 Å². The lowest BCUT2D eigenvalue weighted by Gasteiger charge is -2.26. The Morgan fingerprint density at radius 3 is 2.21 bits per heavy atom. The molecule has 1 rings (SSSR count). The first-order valence-electron chi connectivity index (χ1n) is 10.8. The average Bonchev–Trinajstić information content (AvgIpc) is 3.27. The van der Waals surface area contributed by atoms with Crippen LogP contribution in [0.15, 0.2) is 4.99 Å². The Kier molecular flexibility index (Phi) is 11.7. The molecule has 0 aromatic carbocycles. The number of aliphatic hydroxyl groups is 1.